The Morgan fingerprint density at radius 3 is 2.42 bits per heavy atom. The lowest BCUT2D eigenvalue weighted by Crippen LogP contribution is -2.14. The van der Waals surface area contributed by atoms with Gasteiger partial charge in [0.1, 0.15) is 17.1 Å². The van der Waals surface area contributed by atoms with Gasteiger partial charge in [0, 0.05) is 28.4 Å². The number of nitrogens with one attached hydrogen (secondary N) is 1. The molecule has 2 heterocycles. The van der Waals surface area contributed by atoms with E-state index in [9.17, 15) is 5.11 Å². The summed E-state index contributed by atoms with van der Waals surface area (Å²) in [7, 11) is 0. The lowest BCUT2D eigenvalue weighted by molar-refractivity contribution is 0.471. The van der Waals surface area contributed by atoms with Gasteiger partial charge in [-0.25, -0.2) is 4.98 Å². The van der Waals surface area contributed by atoms with Crippen molar-refractivity contribution in [1.29, 1.82) is 0 Å². The third kappa shape index (κ3) is 3.07. The van der Waals surface area contributed by atoms with Crippen molar-refractivity contribution in [2.24, 2.45) is 0 Å². The molecular formula is C21H16ClN3O. The summed E-state index contributed by atoms with van der Waals surface area (Å²) in [6.07, 6.45) is 3.39. The smallest absolute Gasteiger partial charge is 0.147 e. The van der Waals surface area contributed by atoms with E-state index >= 15 is 0 Å². The molecule has 0 aliphatic carbocycles. The Bertz CT molecular complexity index is 1050. The zero-order valence-corrected chi connectivity index (χ0v) is 14.6. The normalized spacial score (nSPS) is 12.0. The van der Waals surface area contributed by atoms with E-state index in [2.05, 4.69) is 15.3 Å². The number of rotatable bonds is 4. The summed E-state index contributed by atoms with van der Waals surface area (Å²) < 4.78 is 0. The molecule has 0 aliphatic heterocycles. The quantitative estimate of drug-likeness (QED) is 0.525. The number of pyridine rings is 2. The average molecular weight is 362 g/mol. The number of phenolic OH excluding ortho intramolecular Hbond substituents is 1. The van der Waals surface area contributed by atoms with Gasteiger partial charge in [0.25, 0.3) is 0 Å². The van der Waals surface area contributed by atoms with Gasteiger partial charge >= 0.3 is 0 Å². The second-order valence-electron chi connectivity index (χ2n) is 5.89. The second kappa shape index (κ2) is 7.02. The predicted molar refractivity (Wildman–Crippen MR) is 105 cm³/mol. The molecule has 2 aromatic carbocycles. The molecule has 4 rings (SSSR count). The zero-order chi connectivity index (χ0) is 17.9. The first kappa shape index (κ1) is 16.4. The summed E-state index contributed by atoms with van der Waals surface area (Å²) in [5.74, 6) is 0.828. The summed E-state index contributed by atoms with van der Waals surface area (Å²) >= 11 is 6.45. The van der Waals surface area contributed by atoms with Gasteiger partial charge in [-0.15, -0.1) is 0 Å². The van der Waals surface area contributed by atoms with Crippen molar-refractivity contribution in [3.05, 3.63) is 95.3 Å². The number of aromatic nitrogens is 2. The van der Waals surface area contributed by atoms with Crippen molar-refractivity contribution in [2.45, 2.75) is 6.04 Å². The van der Waals surface area contributed by atoms with Gasteiger partial charge < -0.3 is 10.4 Å². The largest absolute Gasteiger partial charge is 0.505 e. The van der Waals surface area contributed by atoms with E-state index < -0.39 is 0 Å². The first-order valence-electron chi connectivity index (χ1n) is 8.22. The predicted octanol–water partition coefficient (Wildman–Crippen LogP) is 5.19. The maximum absolute atomic E-state index is 10.9. The number of nitrogens with zero attached hydrogens (tertiary/aromatic N) is 2. The molecule has 1 atom stereocenters. The van der Waals surface area contributed by atoms with Gasteiger partial charge in [-0.2, -0.15) is 0 Å². The van der Waals surface area contributed by atoms with Crippen LogP contribution in [0.3, 0.4) is 0 Å². The highest BCUT2D eigenvalue weighted by Crippen LogP contribution is 2.38. The minimum absolute atomic E-state index is 0.136. The number of phenols is 1. The van der Waals surface area contributed by atoms with Crippen molar-refractivity contribution >= 4 is 28.3 Å². The molecule has 0 fully saturated rings. The molecule has 1 unspecified atom stereocenters. The summed E-state index contributed by atoms with van der Waals surface area (Å²) in [6.45, 7) is 0. The Kier molecular flexibility index (Phi) is 4.42. The molecule has 26 heavy (non-hydrogen) atoms. The lowest BCUT2D eigenvalue weighted by Gasteiger charge is -2.22. The minimum Gasteiger partial charge on any atom is -0.505 e. The highest BCUT2D eigenvalue weighted by molar-refractivity contribution is 6.31. The molecule has 5 heteroatoms. The van der Waals surface area contributed by atoms with Crippen LogP contribution >= 0.6 is 11.6 Å². The molecule has 0 saturated heterocycles. The topological polar surface area (TPSA) is 58.0 Å². The van der Waals surface area contributed by atoms with Crippen LogP contribution in [-0.4, -0.2) is 15.1 Å². The Labute approximate surface area is 156 Å². The lowest BCUT2D eigenvalue weighted by atomic mass is 9.96. The maximum atomic E-state index is 10.9. The van der Waals surface area contributed by atoms with Crippen molar-refractivity contribution < 1.29 is 5.11 Å². The van der Waals surface area contributed by atoms with Crippen molar-refractivity contribution in [3.8, 4) is 5.75 Å². The van der Waals surface area contributed by atoms with Crippen LogP contribution in [0.25, 0.3) is 10.9 Å². The highest BCUT2D eigenvalue weighted by atomic mass is 35.5. The number of aromatic hydroxyl groups is 1. The summed E-state index contributed by atoms with van der Waals surface area (Å²) in [4.78, 5) is 8.66. The van der Waals surface area contributed by atoms with E-state index in [4.69, 9.17) is 11.6 Å². The van der Waals surface area contributed by atoms with E-state index in [1.807, 2.05) is 66.7 Å². The van der Waals surface area contributed by atoms with Gasteiger partial charge in [-0.3, -0.25) is 4.98 Å². The Morgan fingerprint density at radius 1 is 0.808 bits per heavy atom. The monoisotopic (exact) mass is 361 g/mol. The van der Waals surface area contributed by atoms with Crippen LogP contribution < -0.4 is 5.32 Å². The Morgan fingerprint density at radius 2 is 1.62 bits per heavy atom. The van der Waals surface area contributed by atoms with Crippen molar-refractivity contribution in [1.82, 2.24) is 9.97 Å². The summed E-state index contributed by atoms with van der Waals surface area (Å²) in [6, 6.07) is 20.4. The van der Waals surface area contributed by atoms with Crippen molar-refractivity contribution in [3.63, 3.8) is 0 Å². The molecule has 0 bridgehead atoms. The minimum atomic E-state index is -0.370. The fourth-order valence-corrected chi connectivity index (χ4v) is 3.25. The Hall–Kier alpha value is -3.11. The van der Waals surface area contributed by atoms with E-state index in [-0.39, 0.29) is 11.8 Å². The molecule has 0 amide bonds. The molecule has 0 radical (unpaired) electrons. The molecule has 4 aromatic rings. The summed E-state index contributed by atoms with van der Waals surface area (Å²) in [5, 5.41) is 15.8. The number of benzene rings is 2. The average Bonchev–Trinajstić information content (AvgIpc) is 2.68. The fraction of sp³-hybridized carbons (Fsp3) is 0.0476. The molecule has 0 spiro atoms. The Balaban J connectivity index is 1.88. The third-order valence-corrected chi connectivity index (χ3v) is 4.61. The van der Waals surface area contributed by atoms with Gasteiger partial charge in [0.05, 0.1) is 6.04 Å². The summed E-state index contributed by atoms with van der Waals surface area (Å²) in [5.41, 5.74) is 2.10. The molecule has 0 aliphatic rings. The molecule has 0 saturated carbocycles. The molecule has 4 nitrogen and oxygen atoms in total. The van der Waals surface area contributed by atoms with Crippen molar-refractivity contribution in [2.75, 3.05) is 5.32 Å². The number of hydrogen-bond donors (Lipinski definition) is 2. The fourth-order valence-electron chi connectivity index (χ4n) is 3.01. The number of hydrogen-bond acceptors (Lipinski definition) is 4. The van der Waals surface area contributed by atoms with Crippen LogP contribution in [0.5, 0.6) is 5.75 Å². The number of anilines is 1. The third-order valence-electron chi connectivity index (χ3n) is 4.26. The molecule has 2 aromatic heterocycles. The molecular weight excluding hydrogens is 346 g/mol. The first-order valence-corrected chi connectivity index (χ1v) is 8.60. The van der Waals surface area contributed by atoms with E-state index in [1.165, 1.54) is 0 Å². The second-order valence-corrected chi connectivity index (χ2v) is 6.30. The number of fused-ring (bicyclic) bond motifs is 1. The van der Waals surface area contributed by atoms with Gasteiger partial charge in [-0.05, 0) is 29.8 Å². The zero-order valence-electron chi connectivity index (χ0n) is 13.8. The highest BCUT2D eigenvalue weighted by Gasteiger charge is 2.22. The van der Waals surface area contributed by atoms with Crippen LogP contribution in [0.4, 0.5) is 5.82 Å². The van der Waals surface area contributed by atoms with Crippen LogP contribution in [0, 0.1) is 0 Å². The molecule has 128 valence electrons. The van der Waals surface area contributed by atoms with Crippen LogP contribution in [0.15, 0.2) is 79.1 Å². The number of halogens is 1. The van der Waals surface area contributed by atoms with Crippen LogP contribution in [0.2, 0.25) is 5.02 Å². The van der Waals surface area contributed by atoms with Gasteiger partial charge in [-0.1, -0.05) is 54.1 Å². The SMILES string of the molecule is Oc1c(C(Nc2ccccn2)c2ccccc2Cl)ccc2cccnc12. The van der Waals surface area contributed by atoms with Crippen LogP contribution in [0.1, 0.15) is 17.2 Å². The van der Waals surface area contributed by atoms with Gasteiger partial charge in [0.15, 0.2) is 0 Å². The van der Waals surface area contributed by atoms with Crippen LogP contribution in [-0.2, 0) is 0 Å². The maximum Gasteiger partial charge on any atom is 0.147 e. The van der Waals surface area contributed by atoms with Gasteiger partial charge in [0.2, 0.25) is 0 Å². The van der Waals surface area contributed by atoms with E-state index in [0.717, 1.165) is 10.9 Å². The standard InChI is InChI=1S/C21H16ClN3O/c22-17-8-2-1-7-15(17)20(25-18-9-3-4-12-23-18)16-11-10-14-6-5-13-24-19(14)21(16)26/h1-13,20,26H,(H,23,25). The molecule has 2 N–H and O–H groups in total. The van der Waals surface area contributed by atoms with E-state index in [0.29, 0.717) is 21.9 Å². The van der Waals surface area contributed by atoms with E-state index in [1.54, 1.807) is 12.4 Å². The first-order chi connectivity index (χ1) is 12.7.